The molecule has 4 rings (SSSR count). The molecule has 1 aliphatic heterocycles. The summed E-state index contributed by atoms with van der Waals surface area (Å²) in [6, 6.07) is 8.52. The summed E-state index contributed by atoms with van der Waals surface area (Å²) in [4.78, 5) is 24.9. The highest BCUT2D eigenvalue weighted by Gasteiger charge is 2.47. The first kappa shape index (κ1) is 27.4. The predicted octanol–water partition coefficient (Wildman–Crippen LogP) is 4.16. The molecule has 9 nitrogen and oxygen atoms in total. The average Bonchev–Trinajstić information content (AvgIpc) is 2.84. The number of halogens is 3. The van der Waals surface area contributed by atoms with Gasteiger partial charge in [-0.15, -0.1) is 0 Å². The van der Waals surface area contributed by atoms with Gasteiger partial charge in [0.05, 0.1) is 4.90 Å². The molecule has 2 aliphatic rings. The summed E-state index contributed by atoms with van der Waals surface area (Å²) < 4.78 is 65.1. The van der Waals surface area contributed by atoms with Gasteiger partial charge in [-0.05, 0) is 61.1 Å². The van der Waals surface area contributed by atoms with Crippen LogP contribution in [0.3, 0.4) is 0 Å². The van der Waals surface area contributed by atoms with Crippen LogP contribution >= 0.6 is 0 Å². The molecule has 1 saturated heterocycles. The Morgan fingerprint density at radius 2 is 1.50 bits per heavy atom. The zero-order valence-electron chi connectivity index (χ0n) is 19.0. The number of carboxylic acids is 2. The van der Waals surface area contributed by atoms with Gasteiger partial charge in [0.25, 0.3) is 0 Å². The van der Waals surface area contributed by atoms with Crippen molar-refractivity contribution in [2.24, 2.45) is 11.8 Å². The molecule has 196 valence electrons. The number of piperidine rings is 1. The molecular weight excluding hydrogens is 505 g/mol. The summed E-state index contributed by atoms with van der Waals surface area (Å²) >= 11 is 0. The molecule has 2 heterocycles. The van der Waals surface area contributed by atoms with Crippen molar-refractivity contribution in [1.29, 1.82) is 0 Å². The minimum atomic E-state index is -5.08. The van der Waals surface area contributed by atoms with E-state index in [0.717, 1.165) is 32.1 Å². The van der Waals surface area contributed by atoms with Crippen LogP contribution in [0.1, 0.15) is 32.1 Å². The van der Waals surface area contributed by atoms with Crippen LogP contribution in [0, 0.1) is 11.8 Å². The van der Waals surface area contributed by atoms with Gasteiger partial charge in [0.2, 0.25) is 10.0 Å². The lowest BCUT2D eigenvalue weighted by atomic mass is 9.71. The molecule has 0 spiro atoms. The maximum absolute atomic E-state index is 13.3. The topological polar surface area (TPSA) is 134 Å². The molecule has 13 heteroatoms. The maximum atomic E-state index is 13.3. The molecule has 2 N–H and O–H groups in total. The van der Waals surface area contributed by atoms with Crippen molar-refractivity contribution in [1.82, 2.24) is 9.29 Å². The number of ether oxygens (including phenoxy) is 1. The number of carboxylic acid groups (broad SMARTS) is 2. The number of sulfonamides is 1. The molecule has 3 atom stereocenters. The highest BCUT2D eigenvalue weighted by atomic mass is 32.2. The number of benzene rings is 1. The van der Waals surface area contributed by atoms with Gasteiger partial charge in [-0.2, -0.15) is 17.5 Å². The fourth-order valence-electron chi connectivity index (χ4n) is 4.59. The number of aliphatic carboxylic acids is 2. The summed E-state index contributed by atoms with van der Waals surface area (Å²) in [6.45, 7) is 0.246. The van der Waals surface area contributed by atoms with E-state index in [1.54, 1.807) is 36.7 Å². The van der Waals surface area contributed by atoms with Gasteiger partial charge in [-0.1, -0.05) is 19.3 Å². The summed E-state index contributed by atoms with van der Waals surface area (Å²) in [7, 11) is -3.91. The Morgan fingerprint density at radius 1 is 0.944 bits per heavy atom. The molecule has 1 saturated carbocycles. The van der Waals surface area contributed by atoms with Gasteiger partial charge in [0, 0.05) is 18.9 Å². The quantitative estimate of drug-likeness (QED) is 0.589. The lowest BCUT2D eigenvalue weighted by Gasteiger charge is -2.44. The van der Waals surface area contributed by atoms with Crippen molar-refractivity contribution in [3.05, 3.63) is 48.8 Å². The van der Waals surface area contributed by atoms with Crippen molar-refractivity contribution >= 4 is 22.0 Å². The van der Waals surface area contributed by atoms with Crippen molar-refractivity contribution in [2.45, 2.75) is 49.2 Å². The maximum Gasteiger partial charge on any atom is 0.490 e. The Balaban J connectivity index is 0.000000454. The van der Waals surface area contributed by atoms with Gasteiger partial charge in [0.1, 0.15) is 17.5 Å². The van der Waals surface area contributed by atoms with Gasteiger partial charge >= 0.3 is 18.1 Å². The summed E-state index contributed by atoms with van der Waals surface area (Å²) in [5.74, 6) is -2.53. The van der Waals surface area contributed by atoms with Crippen LogP contribution in [-0.4, -0.2) is 58.6 Å². The number of pyridine rings is 1. The highest BCUT2D eigenvalue weighted by molar-refractivity contribution is 7.89. The third-order valence-corrected chi connectivity index (χ3v) is 8.11. The van der Waals surface area contributed by atoms with Crippen LogP contribution in [0.15, 0.2) is 53.7 Å². The van der Waals surface area contributed by atoms with E-state index in [2.05, 4.69) is 4.98 Å². The first-order valence-electron chi connectivity index (χ1n) is 11.1. The van der Waals surface area contributed by atoms with E-state index in [1.165, 1.54) is 16.4 Å². The van der Waals surface area contributed by atoms with E-state index in [0.29, 0.717) is 17.4 Å². The Hall–Kier alpha value is -3.19. The molecule has 1 aromatic carbocycles. The predicted molar refractivity (Wildman–Crippen MR) is 120 cm³/mol. The summed E-state index contributed by atoms with van der Waals surface area (Å²) in [5, 5.41) is 17.0. The van der Waals surface area contributed by atoms with Gasteiger partial charge in [-0.3, -0.25) is 9.78 Å². The fraction of sp³-hybridized carbons (Fsp3) is 0.435. The Morgan fingerprint density at radius 3 is 2.06 bits per heavy atom. The third-order valence-electron chi connectivity index (χ3n) is 6.22. The largest absolute Gasteiger partial charge is 0.490 e. The number of fused-ring (bicyclic) bond motifs is 1. The van der Waals surface area contributed by atoms with Crippen LogP contribution in [0.5, 0.6) is 11.5 Å². The van der Waals surface area contributed by atoms with E-state index in [9.17, 15) is 31.5 Å². The molecule has 0 radical (unpaired) electrons. The second-order valence-corrected chi connectivity index (χ2v) is 10.3. The zero-order chi connectivity index (χ0) is 26.5. The number of rotatable bonds is 5. The molecule has 3 unspecified atom stereocenters. The Kier molecular flexibility index (Phi) is 8.56. The minimum Gasteiger partial charge on any atom is -0.480 e. The first-order valence-corrected chi connectivity index (χ1v) is 12.6. The van der Waals surface area contributed by atoms with Crippen LogP contribution in [0.4, 0.5) is 13.2 Å². The van der Waals surface area contributed by atoms with Crippen LogP contribution in [-0.2, 0) is 19.6 Å². The molecule has 1 aromatic heterocycles. The average molecular weight is 531 g/mol. The lowest BCUT2D eigenvalue weighted by molar-refractivity contribution is -0.192. The Labute approximate surface area is 205 Å². The molecular formula is C23H25F3N2O7S. The molecule has 2 aromatic rings. The smallest absolute Gasteiger partial charge is 0.480 e. The van der Waals surface area contributed by atoms with E-state index >= 15 is 0 Å². The summed E-state index contributed by atoms with van der Waals surface area (Å²) in [6.07, 6.45) is 2.66. The van der Waals surface area contributed by atoms with Crippen LogP contribution < -0.4 is 4.74 Å². The molecule has 1 aliphatic carbocycles. The van der Waals surface area contributed by atoms with E-state index in [4.69, 9.17) is 14.6 Å². The standard InChI is InChI=1S/C21H24N2O5S.C2HF3O2/c24-21(25)20-19-4-2-1-3-15(19)11-14-23(20)29(26,27)18-7-5-16(6-8-18)28-17-9-12-22-13-10-17;3-2(4,5)1(6)7/h5-10,12-13,15,19-20H,1-4,11,14H2,(H,24,25);(H,6,7). The molecule has 2 fully saturated rings. The normalized spacial score (nSPS) is 22.5. The lowest BCUT2D eigenvalue weighted by Crippen LogP contribution is -2.55. The second kappa shape index (κ2) is 11.2. The van der Waals surface area contributed by atoms with Crippen molar-refractivity contribution in [3.63, 3.8) is 0 Å². The van der Waals surface area contributed by atoms with Crippen LogP contribution in [0.25, 0.3) is 0 Å². The number of alkyl halides is 3. The highest BCUT2D eigenvalue weighted by Crippen LogP contribution is 2.42. The second-order valence-electron chi connectivity index (χ2n) is 8.46. The number of aromatic nitrogens is 1. The fourth-order valence-corrected chi connectivity index (χ4v) is 6.23. The molecule has 0 bridgehead atoms. The Bertz CT molecular complexity index is 1160. The number of nitrogens with zero attached hydrogens (tertiary/aromatic N) is 2. The van der Waals surface area contributed by atoms with E-state index < -0.39 is 34.2 Å². The van der Waals surface area contributed by atoms with Crippen LogP contribution in [0.2, 0.25) is 0 Å². The van der Waals surface area contributed by atoms with Crippen molar-refractivity contribution < 1.29 is 46.1 Å². The van der Waals surface area contributed by atoms with Crippen molar-refractivity contribution in [2.75, 3.05) is 6.54 Å². The number of hydrogen-bond donors (Lipinski definition) is 2. The van der Waals surface area contributed by atoms with E-state index in [1.807, 2.05) is 0 Å². The minimum absolute atomic E-state index is 0.0834. The zero-order valence-corrected chi connectivity index (χ0v) is 19.8. The molecule has 36 heavy (non-hydrogen) atoms. The van der Waals surface area contributed by atoms with Crippen molar-refractivity contribution in [3.8, 4) is 11.5 Å². The van der Waals surface area contributed by atoms with E-state index in [-0.39, 0.29) is 17.4 Å². The van der Waals surface area contributed by atoms with Gasteiger partial charge < -0.3 is 14.9 Å². The first-order chi connectivity index (χ1) is 16.9. The monoisotopic (exact) mass is 530 g/mol. The third kappa shape index (κ3) is 6.52. The SMILES string of the molecule is O=C(O)C(F)(F)F.O=C(O)C1C2CCCCC2CCN1S(=O)(=O)c1ccc(Oc2ccncc2)cc1. The van der Waals surface area contributed by atoms with Gasteiger partial charge in [0.15, 0.2) is 0 Å². The molecule has 0 amide bonds. The van der Waals surface area contributed by atoms with Gasteiger partial charge in [-0.25, -0.2) is 13.2 Å². The number of hydrogen-bond acceptors (Lipinski definition) is 6. The summed E-state index contributed by atoms with van der Waals surface area (Å²) in [5.41, 5.74) is 0. The number of carbonyl (C=O) groups is 2.